The van der Waals surface area contributed by atoms with E-state index in [0.29, 0.717) is 18.1 Å². The Balaban J connectivity index is 1.55. The molecule has 29 heavy (non-hydrogen) atoms. The van der Waals surface area contributed by atoms with E-state index in [9.17, 15) is 18.0 Å². The summed E-state index contributed by atoms with van der Waals surface area (Å²) in [5.74, 6) is -0.0981. The molecule has 1 aliphatic rings. The molecule has 0 bridgehead atoms. The molecule has 3 rings (SSSR count). The van der Waals surface area contributed by atoms with Crippen molar-refractivity contribution in [1.29, 1.82) is 0 Å². The van der Waals surface area contributed by atoms with E-state index in [1.807, 2.05) is 24.3 Å². The van der Waals surface area contributed by atoms with Crippen molar-refractivity contribution in [2.75, 3.05) is 25.0 Å². The molecule has 0 aliphatic carbocycles. The standard InChI is InChI=1S/C20H21F3N4O2/c1-24-19(25-12-15-7-3-5-9-17(15)29-20(21,22)23)26-13-18(28)27-11-10-14-6-2-4-8-16(14)27/h2-9H,10-13H2,1H3,(H2,24,25,26). The van der Waals surface area contributed by atoms with E-state index < -0.39 is 6.36 Å². The lowest BCUT2D eigenvalue weighted by Gasteiger charge is -2.19. The molecular weight excluding hydrogens is 385 g/mol. The lowest BCUT2D eigenvalue weighted by molar-refractivity contribution is -0.274. The first-order valence-electron chi connectivity index (χ1n) is 9.04. The van der Waals surface area contributed by atoms with Crippen LogP contribution in [0.2, 0.25) is 0 Å². The molecule has 2 aromatic carbocycles. The van der Waals surface area contributed by atoms with Crippen molar-refractivity contribution in [2.24, 2.45) is 4.99 Å². The Bertz CT molecular complexity index is 899. The Hall–Kier alpha value is -3.23. The third-order valence-electron chi connectivity index (χ3n) is 4.46. The van der Waals surface area contributed by atoms with Crippen molar-refractivity contribution >= 4 is 17.6 Å². The molecule has 154 valence electrons. The van der Waals surface area contributed by atoms with Crippen molar-refractivity contribution in [3.8, 4) is 5.75 Å². The molecule has 6 nitrogen and oxygen atoms in total. The summed E-state index contributed by atoms with van der Waals surface area (Å²) < 4.78 is 41.6. The molecule has 0 saturated carbocycles. The summed E-state index contributed by atoms with van der Waals surface area (Å²) in [4.78, 5) is 18.3. The number of halogens is 3. The van der Waals surface area contributed by atoms with Crippen molar-refractivity contribution in [3.05, 3.63) is 59.7 Å². The maximum atomic E-state index is 12.5. The van der Waals surface area contributed by atoms with Gasteiger partial charge in [-0.25, -0.2) is 0 Å². The number of nitrogens with zero attached hydrogens (tertiary/aromatic N) is 2. The van der Waals surface area contributed by atoms with Gasteiger partial charge < -0.3 is 20.3 Å². The molecule has 9 heteroatoms. The maximum Gasteiger partial charge on any atom is 0.573 e. The second-order valence-electron chi connectivity index (χ2n) is 6.36. The van der Waals surface area contributed by atoms with Crippen molar-refractivity contribution < 1.29 is 22.7 Å². The third kappa shape index (κ3) is 5.40. The third-order valence-corrected chi connectivity index (χ3v) is 4.46. The number of fused-ring (bicyclic) bond motifs is 1. The molecule has 0 fully saturated rings. The fraction of sp³-hybridized carbons (Fsp3) is 0.300. The summed E-state index contributed by atoms with van der Waals surface area (Å²) in [5, 5.41) is 5.80. The first-order valence-corrected chi connectivity index (χ1v) is 9.04. The van der Waals surface area contributed by atoms with Crippen LogP contribution in [-0.2, 0) is 17.8 Å². The normalized spacial score (nSPS) is 13.8. The SMILES string of the molecule is CN=C(NCC(=O)N1CCc2ccccc21)NCc1ccccc1OC(F)(F)F. The smallest absolute Gasteiger partial charge is 0.405 e. The number of benzene rings is 2. The fourth-order valence-electron chi connectivity index (χ4n) is 3.13. The highest BCUT2D eigenvalue weighted by molar-refractivity contribution is 5.98. The lowest BCUT2D eigenvalue weighted by atomic mass is 10.2. The number of para-hydroxylation sites is 2. The van der Waals surface area contributed by atoms with Crippen LogP contribution < -0.4 is 20.3 Å². The number of ether oxygens (including phenoxy) is 1. The van der Waals surface area contributed by atoms with E-state index in [0.717, 1.165) is 17.7 Å². The van der Waals surface area contributed by atoms with Crippen LogP contribution in [0.25, 0.3) is 0 Å². The van der Waals surface area contributed by atoms with Gasteiger partial charge in [0, 0.05) is 31.4 Å². The number of anilines is 1. The van der Waals surface area contributed by atoms with E-state index in [4.69, 9.17) is 0 Å². The summed E-state index contributed by atoms with van der Waals surface area (Å²) in [7, 11) is 1.52. The Morgan fingerprint density at radius 2 is 1.86 bits per heavy atom. The van der Waals surface area contributed by atoms with Gasteiger partial charge in [0.15, 0.2) is 5.96 Å². The minimum atomic E-state index is -4.77. The molecule has 2 aromatic rings. The van der Waals surface area contributed by atoms with E-state index in [1.54, 1.807) is 11.0 Å². The molecule has 1 amide bonds. The number of aliphatic imine (C=N–C) groups is 1. The summed E-state index contributed by atoms with van der Waals surface area (Å²) in [5.41, 5.74) is 2.35. The number of alkyl halides is 3. The van der Waals surface area contributed by atoms with Crippen molar-refractivity contribution in [1.82, 2.24) is 10.6 Å². The molecule has 0 unspecified atom stereocenters. The second-order valence-corrected chi connectivity index (χ2v) is 6.36. The maximum absolute atomic E-state index is 12.5. The first-order chi connectivity index (χ1) is 13.9. The van der Waals surface area contributed by atoms with E-state index in [-0.39, 0.29) is 24.7 Å². The zero-order valence-electron chi connectivity index (χ0n) is 15.8. The molecule has 0 saturated heterocycles. The van der Waals surface area contributed by atoms with E-state index in [1.165, 1.54) is 25.2 Å². The van der Waals surface area contributed by atoms with Gasteiger partial charge in [-0.1, -0.05) is 36.4 Å². The largest absolute Gasteiger partial charge is 0.573 e. The monoisotopic (exact) mass is 406 g/mol. The average molecular weight is 406 g/mol. The summed E-state index contributed by atoms with van der Waals surface area (Å²) in [6, 6.07) is 13.6. The molecule has 0 atom stereocenters. The van der Waals surface area contributed by atoms with Gasteiger partial charge in [-0.15, -0.1) is 13.2 Å². The van der Waals surface area contributed by atoms with Gasteiger partial charge >= 0.3 is 6.36 Å². The van der Waals surface area contributed by atoms with Gasteiger partial charge in [0.1, 0.15) is 5.75 Å². The minimum Gasteiger partial charge on any atom is -0.405 e. The van der Waals surface area contributed by atoms with Crippen molar-refractivity contribution in [3.63, 3.8) is 0 Å². The zero-order chi connectivity index (χ0) is 20.9. The average Bonchev–Trinajstić information content (AvgIpc) is 3.12. The number of amides is 1. The van der Waals surface area contributed by atoms with Gasteiger partial charge in [-0.3, -0.25) is 9.79 Å². The Morgan fingerprint density at radius 3 is 2.62 bits per heavy atom. The van der Waals surface area contributed by atoms with Crippen LogP contribution >= 0.6 is 0 Å². The van der Waals surface area contributed by atoms with Gasteiger partial charge in [0.05, 0.1) is 6.54 Å². The zero-order valence-corrected chi connectivity index (χ0v) is 15.8. The predicted molar refractivity (Wildman–Crippen MR) is 104 cm³/mol. The molecule has 0 radical (unpaired) electrons. The number of carbonyl (C=O) groups excluding carboxylic acids is 1. The summed E-state index contributed by atoms with van der Waals surface area (Å²) >= 11 is 0. The highest BCUT2D eigenvalue weighted by Crippen LogP contribution is 2.27. The number of hydrogen-bond acceptors (Lipinski definition) is 3. The summed E-state index contributed by atoms with van der Waals surface area (Å²) in [6.45, 7) is 0.676. The van der Waals surface area contributed by atoms with Gasteiger partial charge in [-0.05, 0) is 24.1 Å². The van der Waals surface area contributed by atoms with E-state index in [2.05, 4.69) is 20.4 Å². The lowest BCUT2D eigenvalue weighted by Crippen LogP contribution is -2.44. The fourth-order valence-corrected chi connectivity index (χ4v) is 3.13. The van der Waals surface area contributed by atoms with Crippen molar-refractivity contribution in [2.45, 2.75) is 19.3 Å². The van der Waals surface area contributed by atoms with E-state index >= 15 is 0 Å². The molecule has 0 spiro atoms. The Morgan fingerprint density at radius 1 is 1.14 bits per heavy atom. The number of rotatable bonds is 5. The van der Waals surface area contributed by atoms with Crippen LogP contribution in [-0.4, -0.2) is 38.4 Å². The number of carbonyl (C=O) groups is 1. The first kappa shape index (κ1) is 20.5. The molecule has 2 N–H and O–H groups in total. The number of nitrogens with one attached hydrogen (secondary N) is 2. The summed E-state index contributed by atoms with van der Waals surface area (Å²) in [6.07, 6.45) is -3.96. The Kier molecular flexibility index (Phi) is 6.26. The Labute approximate surface area is 166 Å². The number of guanidine groups is 1. The minimum absolute atomic E-state index is 0.00864. The molecule has 1 aliphatic heterocycles. The van der Waals surface area contributed by atoms with Crippen LogP contribution in [0.4, 0.5) is 18.9 Å². The van der Waals surface area contributed by atoms with Gasteiger partial charge in [-0.2, -0.15) is 0 Å². The molecular formula is C20H21F3N4O2. The van der Waals surface area contributed by atoms with Gasteiger partial charge in [0.2, 0.25) is 5.91 Å². The van der Waals surface area contributed by atoms with Crippen LogP contribution in [0, 0.1) is 0 Å². The molecule has 1 heterocycles. The van der Waals surface area contributed by atoms with Crippen LogP contribution in [0.15, 0.2) is 53.5 Å². The predicted octanol–water partition coefficient (Wildman–Crippen LogP) is 2.84. The van der Waals surface area contributed by atoms with Crippen LogP contribution in [0.5, 0.6) is 5.75 Å². The van der Waals surface area contributed by atoms with Gasteiger partial charge in [0.25, 0.3) is 0 Å². The van der Waals surface area contributed by atoms with Crippen LogP contribution in [0.1, 0.15) is 11.1 Å². The second kappa shape index (κ2) is 8.85. The topological polar surface area (TPSA) is 66.0 Å². The van der Waals surface area contributed by atoms with Crippen LogP contribution in [0.3, 0.4) is 0 Å². The number of hydrogen-bond donors (Lipinski definition) is 2. The highest BCUT2D eigenvalue weighted by Gasteiger charge is 2.32. The highest BCUT2D eigenvalue weighted by atomic mass is 19.4. The quantitative estimate of drug-likeness (QED) is 0.592. The molecule has 0 aromatic heterocycles.